The van der Waals surface area contributed by atoms with Gasteiger partial charge in [-0.1, -0.05) is 17.7 Å². The molecule has 2 aromatic rings. The summed E-state index contributed by atoms with van der Waals surface area (Å²) in [6.07, 6.45) is 4.07. The molecule has 0 aliphatic heterocycles. The number of aromatic amines is 1. The zero-order valence-electron chi connectivity index (χ0n) is 6.60. The zero-order valence-corrected chi connectivity index (χ0v) is 8.17. The van der Waals surface area contributed by atoms with E-state index in [1.54, 1.807) is 11.8 Å². The van der Waals surface area contributed by atoms with E-state index in [0.717, 1.165) is 10.5 Å². The number of hydrogen-bond donors (Lipinski definition) is 1. The van der Waals surface area contributed by atoms with Gasteiger partial charge in [-0.15, -0.1) is 11.8 Å². The predicted octanol–water partition coefficient (Wildman–Crippen LogP) is 3.54. The Bertz CT molecular complexity index is 408. The summed E-state index contributed by atoms with van der Waals surface area (Å²) in [4.78, 5) is 4.44. The highest BCUT2D eigenvalue weighted by Gasteiger charge is 2.01. The van der Waals surface area contributed by atoms with Gasteiger partial charge in [0.1, 0.15) is 0 Å². The quantitative estimate of drug-likeness (QED) is 0.692. The molecule has 1 heterocycles. The molecule has 0 aliphatic carbocycles. The maximum absolute atomic E-state index is 5.84. The lowest BCUT2D eigenvalue weighted by Gasteiger charge is -1.93. The first-order valence-corrected chi connectivity index (χ1v) is 5.22. The molecular formula is C9H8ClNS. The fourth-order valence-corrected chi connectivity index (χ4v) is 1.99. The molecule has 0 bridgehead atoms. The predicted molar refractivity (Wildman–Crippen MR) is 55.1 cm³/mol. The molecule has 0 atom stereocenters. The van der Waals surface area contributed by atoms with Crippen molar-refractivity contribution in [2.45, 2.75) is 4.90 Å². The van der Waals surface area contributed by atoms with Gasteiger partial charge < -0.3 is 4.98 Å². The molecule has 3 heteroatoms. The second-order valence-electron chi connectivity index (χ2n) is 2.55. The molecule has 0 saturated heterocycles. The average Bonchev–Trinajstić information content (AvgIpc) is 2.46. The van der Waals surface area contributed by atoms with Gasteiger partial charge >= 0.3 is 0 Å². The number of benzene rings is 1. The zero-order chi connectivity index (χ0) is 8.55. The number of fused-ring (bicyclic) bond motifs is 1. The van der Waals surface area contributed by atoms with Crippen molar-refractivity contribution >= 4 is 34.3 Å². The van der Waals surface area contributed by atoms with Gasteiger partial charge in [0.05, 0.1) is 0 Å². The van der Waals surface area contributed by atoms with Gasteiger partial charge in [-0.3, -0.25) is 0 Å². The summed E-state index contributed by atoms with van der Waals surface area (Å²) in [5.74, 6) is 0. The fourth-order valence-electron chi connectivity index (χ4n) is 1.24. The van der Waals surface area contributed by atoms with Crippen LogP contribution in [0.1, 0.15) is 0 Å². The normalized spacial score (nSPS) is 10.8. The number of aromatic nitrogens is 1. The number of rotatable bonds is 1. The van der Waals surface area contributed by atoms with Crippen LogP contribution in [0.3, 0.4) is 0 Å². The minimum Gasteiger partial charge on any atom is -0.360 e. The molecule has 0 spiro atoms. The first-order chi connectivity index (χ1) is 5.81. The van der Waals surface area contributed by atoms with Crippen LogP contribution in [0, 0.1) is 0 Å². The lowest BCUT2D eigenvalue weighted by atomic mass is 10.2. The molecule has 0 fully saturated rings. The summed E-state index contributed by atoms with van der Waals surface area (Å²) in [5.41, 5.74) is 1.10. The van der Waals surface area contributed by atoms with Crippen LogP contribution in [-0.2, 0) is 0 Å². The van der Waals surface area contributed by atoms with E-state index in [1.807, 2.05) is 24.4 Å². The Labute approximate surface area is 80.1 Å². The first kappa shape index (κ1) is 8.02. The number of H-pyrrole nitrogens is 1. The van der Waals surface area contributed by atoms with Crippen molar-refractivity contribution in [3.8, 4) is 0 Å². The highest BCUT2D eigenvalue weighted by molar-refractivity contribution is 7.98. The third-order valence-corrected chi connectivity index (χ3v) is 2.84. The van der Waals surface area contributed by atoms with Crippen LogP contribution in [0.25, 0.3) is 10.9 Å². The number of thioether (sulfide) groups is 1. The Hall–Kier alpha value is -0.600. The van der Waals surface area contributed by atoms with Crippen molar-refractivity contribution in [3.05, 3.63) is 29.4 Å². The number of halogens is 1. The van der Waals surface area contributed by atoms with E-state index in [4.69, 9.17) is 11.6 Å². The van der Waals surface area contributed by atoms with Crippen molar-refractivity contribution in [3.63, 3.8) is 0 Å². The summed E-state index contributed by atoms with van der Waals surface area (Å²) < 4.78 is 0. The first-order valence-electron chi connectivity index (χ1n) is 3.62. The van der Waals surface area contributed by atoms with Crippen LogP contribution in [-0.4, -0.2) is 11.2 Å². The Morgan fingerprint density at radius 2 is 2.25 bits per heavy atom. The van der Waals surface area contributed by atoms with Gasteiger partial charge in [-0.25, -0.2) is 0 Å². The summed E-state index contributed by atoms with van der Waals surface area (Å²) in [5, 5.41) is 2.02. The van der Waals surface area contributed by atoms with Crippen LogP contribution in [0.4, 0.5) is 0 Å². The van der Waals surface area contributed by atoms with Gasteiger partial charge in [0.15, 0.2) is 0 Å². The second-order valence-corrected chi connectivity index (χ2v) is 3.83. The number of nitrogens with one attached hydrogen (secondary N) is 1. The molecule has 0 amide bonds. The summed E-state index contributed by atoms with van der Waals surface area (Å²) in [7, 11) is 0. The van der Waals surface area contributed by atoms with E-state index >= 15 is 0 Å². The number of hydrogen-bond acceptors (Lipinski definition) is 1. The minimum atomic E-state index is 0.775. The third-order valence-electron chi connectivity index (χ3n) is 1.83. The topological polar surface area (TPSA) is 15.8 Å². The van der Waals surface area contributed by atoms with Gasteiger partial charge in [0.25, 0.3) is 0 Å². The van der Waals surface area contributed by atoms with E-state index in [1.165, 1.54) is 10.3 Å². The molecule has 0 aliphatic rings. The standard InChI is InChI=1S/C9H8ClNS/c1-12-9-5-11-8-4-6(10)2-3-7(8)9/h2-5,11H,1H3. The Balaban J connectivity index is 2.73. The molecule has 62 valence electrons. The molecule has 0 radical (unpaired) electrons. The molecule has 12 heavy (non-hydrogen) atoms. The van der Waals surface area contributed by atoms with Gasteiger partial charge in [0, 0.05) is 27.0 Å². The smallest absolute Gasteiger partial charge is 0.0480 e. The second kappa shape index (κ2) is 3.04. The molecule has 1 aromatic carbocycles. The van der Waals surface area contributed by atoms with E-state index < -0.39 is 0 Å². The summed E-state index contributed by atoms with van der Waals surface area (Å²) >= 11 is 7.58. The maximum Gasteiger partial charge on any atom is 0.0480 e. The molecule has 2 rings (SSSR count). The maximum atomic E-state index is 5.84. The fraction of sp³-hybridized carbons (Fsp3) is 0.111. The average molecular weight is 198 g/mol. The molecule has 1 nitrogen and oxygen atoms in total. The van der Waals surface area contributed by atoms with Crippen molar-refractivity contribution in [1.82, 2.24) is 4.98 Å². The van der Waals surface area contributed by atoms with Crippen LogP contribution in [0.2, 0.25) is 5.02 Å². The highest BCUT2D eigenvalue weighted by atomic mass is 35.5. The molecular weight excluding hydrogens is 190 g/mol. The van der Waals surface area contributed by atoms with Crippen molar-refractivity contribution in [1.29, 1.82) is 0 Å². The van der Waals surface area contributed by atoms with Crippen molar-refractivity contribution in [2.75, 3.05) is 6.26 Å². The van der Waals surface area contributed by atoms with Gasteiger partial charge in [0.2, 0.25) is 0 Å². The van der Waals surface area contributed by atoms with Gasteiger partial charge in [-0.05, 0) is 18.4 Å². The lowest BCUT2D eigenvalue weighted by molar-refractivity contribution is 1.42. The minimum absolute atomic E-state index is 0.775. The van der Waals surface area contributed by atoms with Crippen LogP contribution in [0.5, 0.6) is 0 Å². The summed E-state index contributed by atoms with van der Waals surface area (Å²) in [6.45, 7) is 0. The van der Waals surface area contributed by atoms with E-state index in [0.29, 0.717) is 0 Å². The Kier molecular flexibility index (Phi) is 2.03. The van der Waals surface area contributed by atoms with Crippen molar-refractivity contribution in [2.24, 2.45) is 0 Å². The van der Waals surface area contributed by atoms with E-state index in [-0.39, 0.29) is 0 Å². The van der Waals surface area contributed by atoms with Crippen LogP contribution in [0.15, 0.2) is 29.3 Å². The molecule has 0 saturated carbocycles. The van der Waals surface area contributed by atoms with Gasteiger partial charge in [-0.2, -0.15) is 0 Å². The highest BCUT2D eigenvalue weighted by Crippen LogP contribution is 2.27. The SMILES string of the molecule is CSc1c[nH]c2cc(Cl)ccc12. The molecule has 0 unspecified atom stereocenters. The van der Waals surface area contributed by atoms with Crippen molar-refractivity contribution < 1.29 is 0 Å². The van der Waals surface area contributed by atoms with E-state index in [9.17, 15) is 0 Å². The van der Waals surface area contributed by atoms with Crippen LogP contribution >= 0.6 is 23.4 Å². The molecule has 1 aromatic heterocycles. The monoisotopic (exact) mass is 197 g/mol. The molecule has 1 N–H and O–H groups in total. The third kappa shape index (κ3) is 1.21. The Morgan fingerprint density at radius 1 is 1.42 bits per heavy atom. The van der Waals surface area contributed by atoms with Crippen LogP contribution < -0.4 is 0 Å². The lowest BCUT2D eigenvalue weighted by Crippen LogP contribution is -1.67. The summed E-state index contributed by atoms with van der Waals surface area (Å²) in [6, 6.07) is 5.90. The largest absolute Gasteiger partial charge is 0.360 e. The Morgan fingerprint density at radius 3 is 3.00 bits per heavy atom. The van der Waals surface area contributed by atoms with E-state index in [2.05, 4.69) is 11.2 Å².